The molecule has 0 amide bonds. The number of carbonyl (C=O) groups is 2. The van der Waals surface area contributed by atoms with Crippen molar-refractivity contribution in [3.8, 4) is 0 Å². The first-order valence-electron chi connectivity index (χ1n) is 8.91. The number of carbonyl (C=O) groups excluding carboxylic acids is 2. The lowest BCUT2D eigenvalue weighted by Gasteiger charge is -2.34. The summed E-state index contributed by atoms with van der Waals surface area (Å²) < 4.78 is 6.39. The Morgan fingerprint density at radius 1 is 1.36 bits per heavy atom. The molecule has 7 nitrogen and oxygen atoms in total. The van der Waals surface area contributed by atoms with Crippen molar-refractivity contribution < 1.29 is 14.3 Å². The number of rotatable bonds is 4. The fourth-order valence-electron chi connectivity index (χ4n) is 3.58. The number of thioether (sulfide) groups is 1. The number of anilines is 1. The van der Waals surface area contributed by atoms with Crippen LogP contribution >= 0.6 is 23.4 Å². The molecule has 1 aliphatic carbocycles. The zero-order chi connectivity index (χ0) is 19.8. The van der Waals surface area contributed by atoms with E-state index >= 15 is 0 Å². The van der Waals surface area contributed by atoms with Gasteiger partial charge in [0.15, 0.2) is 5.78 Å². The van der Waals surface area contributed by atoms with Gasteiger partial charge in [-0.15, -0.1) is 5.10 Å². The van der Waals surface area contributed by atoms with Gasteiger partial charge in [-0.05, 0) is 30.0 Å². The molecule has 0 saturated carbocycles. The minimum Gasteiger partial charge on any atom is -0.468 e. The van der Waals surface area contributed by atoms with E-state index in [1.807, 2.05) is 12.1 Å². The van der Waals surface area contributed by atoms with E-state index in [1.54, 1.807) is 16.8 Å². The molecule has 146 valence electrons. The predicted octanol–water partition coefficient (Wildman–Crippen LogP) is 3.46. The highest BCUT2D eigenvalue weighted by atomic mass is 35.5. The number of ether oxygens (including phenoxy) is 1. The summed E-state index contributed by atoms with van der Waals surface area (Å²) >= 11 is 7.25. The van der Waals surface area contributed by atoms with Crippen LogP contribution in [-0.4, -0.2) is 39.4 Å². The third-order valence-corrected chi connectivity index (χ3v) is 5.90. The Bertz CT molecular complexity index is 970. The summed E-state index contributed by atoms with van der Waals surface area (Å²) in [6.45, 7) is 2.07. The Hall–Kier alpha value is -2.32. The van der Waals surface area contributed by atoms with Crippen LogP contribution in [0.4, 0.5) is 5.95 Å². The average Bonchev–Trinajstić information content (AvgIpc) is 3.07. The van der Waals surface area contributed by atoms with Crippen molar-refractivity contribution in [2.45, 2.75) is 31.0 Å². The third-order valence-electron chi connectivity index (χ3n) is 4.84. The van der Waals surface area contributed by atoms with Gasteiger partial charge in [-0.1, -0.05) is 42.4 Å². The van der Waals surface area contributed by atoms with Gasteiger partial charge in [0, 0.05) is 22.7 Å². The Labute approximate surface area is 171 Å². The molecule has 9 heteroatoms. The van der Waals surface area contributed by atoms with Crippen molar-refractivity contribution >= 4 is 41.1 Å². The number of hydrogen-bond acceptors (Lipinski definition) is 7. The van der Waals surface area contributed by atoms with Crippen molar-refractivity contribution in [2.24, 2.45) is 5.92 Å². The molecule has 2 aliphatic rings. The van der Waals surface area contributed by atoms with Crippen LogP contribution in [0.5, 0.6) is 0 Å². The first-order chi connectivity index (χ1) is 13.5. The second-order valence-corrected chi connectivity index (χ2v) is 8.31. The summed E-state index contributed by atoms with van der Waals surface area (Å²) in [5.41, 5.74) is 2.53. The van der Waals surface area contributed by atoms with Crippen LogP contribution in [0.3, 0.4) is 0 Å². The number of Topliss-reactive ketones (excluding diaryl/α,β-unsaturated/α-hetero) is 1. The van der Waals surface area contributed by atoms with Gasteiger partial charge in [0.05, 0.1) is 12.9 Å². The Morgan fingerprint density at radius 2 is 2.11 bits per heavy atom. The summed E-state index contributed by atoms with van der Waals surface area (Å²) in [5, 5.41) is 8.93. The summed E-state index contributed by atoms with van der Waals surface area (Å²) in [6.07, 6.45) is 1.29. The molecule has 1 N–H and O–H groups in total. The lowest BCUT2D eigenvalue weighted by molar-refractivity contribution is -0.137. The fraction of sp³-hybridized carbons (Fsp3) is 0.368. The number of allylic oxidation sites excluding steroid dienone is 2. The lowest BCUT2D eigenvalue weighted by Crippen LogP contribution is -2.33. The van der Waals surface area contributed by atoms with Gasteiger partial charge >= 0.3 is 5.97 Å². The van der Waals surface area contributed by atoms with Crippen LogP contribution in [0.2, 0.25) is 5.02 Å². The molecule has 1 aliphatic heterocycles. The molecular weight excluding hydrogens is 400 g/mol. The van der Waals surface area contributed by atoms with Crippen molar-refractivity contribution in [2.75, 3.05) is 18.2 Å². The largest absolute Gasteiger partial charge is 0.468 e. The van der Waals surface area contributed by atoms with Gasteiger partial charge in [-0.2, -0.15) is 4.98 Å². The van der Waals surface area contributed by atoms with Crippen molar-refractivity contribution in [1.29, 1.82) is 0 Å². The van der Waals surface area contributed by atoms with Gasteiger partial charge in [0.25, 0.3) is 0 Å². The number of methoxy groups -OCH3 is 1. The van der Waals surface area contributed by atoms with E-state index in [1.165, 1.54) is 18.9 Å². The minimum absolute atomic E-state index is 0.117. The van der Waals surface area contributed by atoms with E-state index < -0.39 is 0 Å². The topological polar surface area (TPSA) is 86.1 Å². The van der Waals surface area contributed by atoms with Crippen LogP contribution in [0.15, 0.2) is 40.7 Å². The number of benzene rings is 1. The van der Waals surface area contributed by atoms with Crippen LogP contribution in [-0.2, 0) is 14.3 Å². The first-order valence-corrected chi connectivity index (χ1v) is 10.3. The molecule has 0 fully saturated rings. The Balaban J connectivity index is 1.76. The van der Waals surface area contributed by atoms with E-state index in [4.69, 9.17) is 11.6 Å². The molecule has 2 aromatic rings. The zero-order valence-electron chi connectivity index (χ0n) is 15.4. The van der Waals surface area contributed by atoms with Gasteiger partial charge in [-0.3, -0.25) is 9.59 Å². The molecule has 1 aromatic heterocycles. The maximum Gasteiger partial charge on any atom is 0.316 e. The van der Waals surface area contributed by atoms with E-state index in [-0.39, 0.29) is 29.5 Å². The number of nitrogens with zero attached hydrogens (tertiary/aromatic N) is 3. The van der Waals surface area contributed by atoms with Gasteiger partial charge < -0.3 is 10.1 Å². The van der Waals surface area contributed by atoms with Crippen LogP contribution in [0.25, 0.3) is 0 Å². The third kappa shape index (κ3) is 3.54. The normalized spacial score (nSPS) is 21.0. The highest BCUT2D eigenvalue weighted by Gasteiger charge is 2.38. The second kappa shape index (κ2) is 7.60. The molecule has 1 aromatic carbocycles. The molecule has 2 atom stereocenters. The van der Waals surface area contributed by atoms with Gasteiger partial charge in [0.2, 0.25) is 11.1 Å². The van der Waals surface area contributed by atoms with Gasteiger partial charge in [0.1, 0.15) is 6.04 Å². The maximum absolute atomic E-state index is 12.9. The quantitative estimate of drug-likeness (QED) is 0.601. The molecule has 4 rings (SSSR count). The monoisotopic (exact) mass is 418 g/mol. The van der Waals surface area contributed by atoms with Crippen molar-refractivity contribution in [3.05, 3.63) is 46.1 Å². The predicted molar refractivity (Wildman–Crippen MR) is 106 cm³/mol. The SMILES string of the molecule is COC(=O)CSc1nc2n(n1)[C@@H](c1ccc(Cl)cc1)C1=C(C[C@H](C)CC1=O)N2. The number of fused-ring (bicyclic) bond motifs is 1. The molecular formula is C19H19ClN4O3S. The average molecular weight is 419 g/mol. The number of esters is 1. The van der Waals surface area contributed by atoms with Crippen molar-refractivity contribution in [3.63, 3.8) is 0 Å². The van der Waals surface area contributed by atoms with Crippen LogP contribution in [0.1, 0.15) is 31.4 Å². The highest BCUT2D eigenvalue weighted by Crippen LogP contribution is 2.42. The smallest absolute Gasteiger partial charge is 0.316 e. The molecule has 28 heavy (non-hydrogen) atoms. The van der Waals surface area contributed by atoms with E-state index in [0.29, 0.717) is 22.5 Å². The lowest BCUT2D eigenvalue weighted by atomic mass is 9.81. The molecule has 2 heterocycles. The number of ketones is 1. The highest BCUT2D eigenvalue weighted by molar-refractivity contribution is 7.99. The number of nitrogens with one attached hydrogen (secondary N) is 1. The fourth-order valence-corrected chi connectivity index (χ4v) is 4.37. The molecule has 0 spiro atoms. The second-order valence-electron chi connectivity index (χ2n) is 6.94. The summed E-state index contributed by atoms with van der Waals surface area (Å²) in [4.78, 5) is 28.9. The first kappa shape index (κ1) is 19.0. The van der Waals surface area contributed by atoms with E-state index in [9.17, 15) is 9.59 Å². The maximum atomic E-state index is 12.9. The zero-order valence-corrected chi connectivity index (χ0v) is 17.0. The number of halogens is 1. The molecule has 0 unspecified atom stereocenters. The standard InChI is InChI=1S/C19H19ClN4O3S/c1-10-7-13-16(14(25)8-10)17(11-3-5-12(20)6-4-11)24-18(21-13)22-19(23-24)28-9-15(26)27-2/h3-6,10,17H,7-9H2,1-2H3,(H,21,22,23)/t10-,17-/m0/s1. The van der Waals surface area contributed by atoms with E-state index in [2.05, 4.69) is 27.1 Å². The Kier molecular flexibility index (Phi) is 5.16. The minimum atomic E-state index is -0.372. The van der Waals surface area contributed by atoms with Crippen LogP contribution < -0.4 is 5.32 Å². The summed E-state index contributed by atoms with van der Waals surface area (Å²) in [5.74, 6) is 0.724. The van der Waals surface area contributed by atoms with Crippen LogP contribution in [0, 0.1) is 5.92 Å². The van der Waals surface area contributed by atoms with Crippen molar-refractivity contribution in [1.82, 2.24) is 14.8 Å². The van der Waals surface area contributed by atoms with Gasteiger partial charge in [-0.25, -0.2) is 4.68 Å². The number of hydrogen-bond donors (Lipinski definition) is 1. The summed E-state index contributed by atoms with van der Waals surface area (Å²) in [6, 6.07) is 7.04. The van der Waals surface area contributed by atoms with E-state index in [0.717, 1.165) is 23.3 Å². The molecule has 0 radical (unpaired) electrons. The molecule has 0 bridgehead atoms. The summed E-state index contributed by atoms with van der Waals surface area (Å²) in [7, 11) is 1.34. The number of aromatic nitrogens is 3. The molecule has 0 saturated heterocycles. The Morgan fingerprint density at radius 3 is 2.82 bits per heavy atom.